The lowest BCUT2D eigenvalue weighted by Crippen LogP contribution is -2.05. The van der Waals surface area contributed by atoms with Crippen LogP contribution in [0, 0.1) is 0 Å². The van der Waals surface area contributed by atoms with Crippen LogP contribution in [0.5, 0.6) is 17.4 Å². The molecule has 0 saturated carbocycles. The van der Waals surface area contributed by atoms with Gasteiger partial charge >= 0.3 is 0 Å². The molecule has 0 atom stereocenters. The molecule has 0 amide bonds. The fourth-order valence-corrected chi connectivity index (χ4v) is 2.72. The summed E-state index contributed by atoms with van der Waals surface area (Å²) >= 11 is 0. The van der Waals surface area contributed by atoms with Crippen molar-refractivity contribution in [3.63, 3.8) is 0 Å². The summed E-state index contributed by atoms with van der Waals surface area (Å²) in [5.41, 5.74) is 9.14. The maximum Gasteiger partial charge on any atom is 0.244 e. The summed E-state index contributed by atoms with van der Waals surface area (Å²) < 4.78 is 13.0. The van der Waals surface area contributed by atoms with E-state index in [2.05, 4.69) is 5.10 Å². The number of para-hydroxylation sites is 2. The normalized spacial score (nSPS) is 12.2. The zero-order valence-electron chi connectivity index (χ0n) is 12.1. The van der Waals surface area contributed by atoms with Crippen LogP contribution < -0.4 is 15.2 Å². The number of methoxy groups -OCH3 is 1. The van der Waals surface area contributed by atoms with E-state index in [9.17, 15) is 0 Å². The molecule has 4 rings (SSSR count). The molecule has 3 aromatic rings. The molecule has 0 saturated heterocycles. The number of benzene rings is 2. The Labute approximate surface area is 127 Å². The molecule has 22 heavy (non-hydrogen) atoms. The quantitative estimate of drug-likeness (QED) is 0.616. The van der Waals surface area contributed by atoms with Gasteiger partial charge in [-0.1, -0.05) is 30.3 Å². The third-order valence-electron chi connectivity index (χ3n) is 3.83. The van der Waals surface area contributed by atoms with E-state index >= 15 is 0 Å². The fourth-order valence-electron chi connectivity index (χ4n) is 2.72. The van der Waals surface area contributed by atoms with Crippen LogP contribution in [-0.2, 0) is 6.42 Å². The Morgan fingerprint density at radius 1 is 1.14 bits per heavy atom. The van der Waals surface area contributed by atoms with Crippen molar-refractivity contribution >= 4 is 5.82 Å². The number of nitrogens with zero attached hydrogens (tertiary/aromatic N) is 2. The molecule has 1 aliphatic heterocycles. The van der Waals surface area contributed by atoms with Crippen LogP contribution in [0.15, 0.2) is 48.5 Å². The minimum atomic E-state index is 0.540. The Hall–Kier alpha value is -2.95. The van der Waals surface area contributed by atoms with Gasteiger partial charge in [0.2, 0.25) is 5.88 Å². The first-order chi connectivity index (χ1) is 10.8. The van der Waals surface area contributed by atoms with E-state index in [1.807, 2.05) is 48.5 Å². The van der Waals surface area contributed by atoms with Crippen LogP contribution in [0.4, 0.5) is 5.82 Å². The van der Waals surface area contributed by atoms with E-state index in [1.54, 1.807) is 11.8 Å². The van der Waals surface area contributed by atoms with Crippen molar-refractivity contribution in [2.75, 3.05) is 12.8 Å². The lowest BCUT2D eigenvalue weighted by Gasteiger charge is -2.18. The van der Waals surface area contributed by atoms with Gasteiger partial charge < -0.3 is 15.2 Å². The summed E-state index contributed by atoms with van der Waals surface area (Å²) in [7, 11) is 1.63. The van der Waals surface area contributed by atoms with Crippen LogP contribution in [0.3, 0.4) is 0 Å². The van der Waals surface area contributed by atoms with Crippen LogP contribution in [0.25, 0.3) is 5.69 Å². The molecule has 2 N–H and O–H groups in total. The third-order valence-corrected chi connectivity index (χ3v) is 3.83. The van der Waals surface area contributed by atoms with Gasteiger partial charge in [0.15, 0.2) is 11.5 Å². The lowest BCUT2D eigenvalue weighted by molar-refractivity contribution is 0.365. The smallest absolute Gasteiger partial charge is 0.244 e. The predicted molar refractivity (Wildman–Crippen MR) is 83.9 cm³/mol. The van der Waals surface area contributed by atoms with Crippen molar-refractivity contribution in [1.29, 1.82) is 0 Å². The minimum Gasteiger partial charge on any atom is -0.493 e. The highest BCUT2D eigenvalue weighted by Gasteiger charge is 2.27. The van der Waals surface area contributed by atoms with E-state index in [4.69, 9.17) is 15.2 Å². The van der Waals surface area contributed by atoms with Crippen LogP contribution >= 0.6 is 0 Å². The highest BCUT2D eigenvalue weighted by molar-refractivity contribution is 5.61. The number of hydrogen-bond acceptors (Lipinski definition) is 4. The summed E-state index contributed by atoms with van der Waals surface area (Å²) in [6, 6.07) is 15.6. The monoisotopic (exact) mass is 293 g/mol. The molecule has 1 aliphatic rings. The predicted octanol–water partition coefficient (Wildman–Crippen LogP) is 3.16. The largest absolute Gasteiger partial charge is 0.493 e. The summed E-state index contributed by atoms with van der Waals surface area (Å²) in [4.78, 5) is 0. The number of hydrogen-bond donors (Lipinski definition) is 1. The Morgan fingerprint density at radius 3 is 2.73 bits per heavy atom. The second-order valence-electron chi connectivity index (χ2n) is 5.14. The van der Waals surface area contributed by atoms with Crippen molar-refractivity contribution < 1.29 is 9.47 Å². The number of aromatic nitrogens is 2. The SMILES string of the molecule is COc1cccc2c1Oc1nn(-c3ccccc3)c(N)c1C2. The van der Waals surface area contributed by atoms with E-state index in [0.29, 0.717) is 23.9 Å². The summed E-state index contributed by atoms with van der Waals surface area (Å²) in [5.74, 6) is 2.57. The van der Waals surface area contributed by atoms with Gasteiger partial charge in [0.25, 0.3) is 0 Å². The minimum absolute atomic E-state index is 0.540. The highest BCUT2D eigenvalue weighted by Crippen LogP contribution is 2.43. The molecule has 0 radical (unpaired) electrons. The van der Waals surface area contributed by atoms with Gasteiger partial charge in [-0.15, -0.1) is 5.10 Å². The summed E-state index contributed by atoms with van der Waals surface area (Å²) in [6.07, 6.45) is 0.681. The number of fused-ring (bicyclic) bond motifs is 2. The molecule has 0 bridgehead atoms. The number of nitrogen functional groups attached to an aromatic ring is 1. The molecule has 2 aromatic carbocycles. The average molecular weight is 293 g/mol. The zero-order valence-corrected chi connectivity index (χ0v) is 12.1. The lowest BCUT2D eigenvalue weighted by atomic mass is 10.0. The fraction of sp³-hybridized carbons (Fsp3) is 0.118. The average Bonchev–Trinajstić information content (AvgIpc) is 2.89. The van der Waals surface area contributed by atoms with E-state index in [1.165, 1.54) is 0 Å². The Balaban J connectivity index is 1.82. The van der Waals surface area contributed by atoms with Gasteiger partial charge in [0.05, 0.1) is 18.4 Å². The second kappa shape index (κ2) is 4.80. The standard InChI is InChI=1S/C17H15N3O2/c1-21-14-9-5-6-11-10-13-16(18)20(12-7-3-2-4-8-12)19-17(13)22-15(11)14/h2-9H,10,18H2,1H3. The summed E-state index contributed by atoms with van der Waals surface area (Å²) in [5, 5.41) is 4.51. The van der Waals surface area contributed by atoms with E-state index in [-0.39, 0.29) is 0 Å². The highest BCUT2D eigenvalue weighted by atomic mass is 16.5. The van der Waals surface area contributed by atoms with Crippen LogP contribution in [0.1, 0.15) is 11.1 Å². The Bertz CT molecular complexity index is 841. The maximum atomic E-state index is 6.27. The van der Waals surface area contributed by atoms with E-state index < -0.39 is 0 Å². The number of ether oxygens (including phenoxy) is 2. The van der Waals surface area contributed by atoms with Crippen LogP contribution in [-0.4, -0.2) is 16.9 Å². The van der Waals surface area contributed by atoms with Crippen molar-refractivity contribution in [2.45, 2.75) is 6.42 Å². The molecule has 5 heteroatoms. The van der Waals surface area contributed by atoms with E-state index in [0.717, 1.165) is 22.6 Å². The third kappa shape index (κ3) is 1.83. The van der Waals surface area contributed by atoms with Gasteiger partial charge in [-0.2, -0.15) is 0 Å². The summed E-state index contributed by atoms with van der Waals surface area (Å²) in [6.45, 7) is 0. The van der Waals surface area contributed by atoms with Crippen LogP contribution in [0.2, 0.25) is 0 Å². The van der Waals surface area contributed by atoms with Crippen molar-refractivity contribution in [3.05, 3.63) is 59.7 Å². The molecule has 2 heterocycles. The van der Waals surface area contributed by atoms with Gasteiger partial charge in [-0.25, -0.2) is 4.68 Å². The van der Waals surface area contributed by atoms with Gasteiger partial charge in [-0.3, -0.25) is 0 Å². The molecule has 0 unspecified atom stereocenters. The Morgan fingerprint density at radius 2 is 1.95 bits per heavy atom. The molecule has 5 nitrogen and oxygen atoms in total. The van der Waals surface area contributed by atoms with Crippen molar-refractivity contribution in [1.82, 2.24) is 9.78 Å². The van der Waals surface area contributed by atoms with Gasteiger partial charge in [-0.05, 0) is 18.2 Å². The Kier molecular flexibility index (Phi) is 2.79. The molecular weight excluding hydrogens is 278 g/mol. The number of rotatable bonds is 2. The van der Waals surface area contributed by atoms with Gasteiger partial charge in [0, 0.05) is 12.0 Å². The number of anilines is 1. The maximum absolute atomic E-state index is 6.27. The first-order valence-corrected chi connectivity index (χ1v) is 7.04. The molecule has 0 fully saturated rings. The molecule has 110 valence electrons. The topological polar surface area (TPSA) is 62.3 Å². The van der Waals surface area contributed by atoms with Crippen molar-refractivity contribution in [2.24, 2.45) is 0 Å². The first-order valence-electron chi connectivity index (χ1n) is 7.04. The zero-order chi connectivity index (χ0) is 15.1. The molecular formula is C17H15N3O2. The van der Waals surface area contributed by atoms with Crippen molar-refractivity contribution in [3.8, 4) is 23.1 Å². The molecule has 0 spiro atoms. The van der Waals surface area contributed by atoms with Gasteiger partial charge in [0.1, 0.15) is 5.82 Å². The molecule has 1 aromatic heterocycles. The number of nitrogens with two attached hydrogens (primary N) is 1. The first kappa shape index (κ1) is 12.8. The molecule has 0 aliphatic carbocycles. The second-order valence-corrected chi connectivity index (χ2v) is 5.14.